The van der Waals surface area contributed by atoms with Gasteiger partial charge in [-0.15, -0.1) is 0 Å². The highest BCUT2D eigenvalue weighted by Gasteiger charge is 2.19. The standard InChI is InChI=1S/C23H20ClN3O/c1-2-26(19-8-4-3-5-9-19)22(28)16-27-21-11-7-6-10-20(21)25-23(27)17-12-14-18(24)15-13-17/h3-15H,2,16H2,1H3. The lowest BCUT2D eigenvalue weighted by Crippen LogP contribution is -2.33. The van der Waals surface area contributed by atoms with E-state index in [2.05, 4.69) is 0 Å². The average Bonchev–Trinajstić information content (AvgIpc) is 3.08. The van der Waals surface area contributed by atoms with Gasteiger partial charge in [0.25, 0.3) is 0 Å². The van der Waals surface area contributed by atoms with Gasteiger partial charge in [-0.3, -0.25) is 4.79 Å². The van der Waals surface area contributed by atoms with Crippen LogP contribution in [0.4, 0.5) is 5.69 Å². The molecule has 0 spiro atoms. The highest BCUT2D eigenvalue weighted by Crippen LogP contribution is 2.26. The number of amides is 1. The Kier molecular flexibility index (Phi) is 5.13. The Morgan fingerprint density at radius 2 is 1.64 bits per heavy atom. The van der Waals surface area contributed by atoms with Crippen LogP contribution in [0.25, 0.3) is 22.4 Å². The van der Waals surface area contributed by atoms with Crippen molar-refractivity contribution < 1.29 is 4.79 Å². The molecular formula is C23H20ClN3O. The largest absolute Gasteiger partial charge is 0.314 e. The quantitative estimate of drug-likeness (QED) is 0.457. The molecule has 0 saturated carbocycles. The van der Waals surface area contributed by atoms with E-state index in [4.69, 9.17) is 16.6 Å². The van der Waals surface area contributed by atoms with Crippen LogP contribution in [0.2, 0.25) is 5.02 Å². The molecule has 4 nitrogen and oxygen atoms in total. The van der Waals surface area contributed by atoms with Crippen LogP contribution in [-0.2, 0) is 11.3 Å². The number of likely N-dealkylation sites (N-methyl/N-ethyl adjacent to an activating group) is 1. The summed E-state index contributed by atoms with van der Waals surface area (Å²) >= 11 is 6.04. The minimum atomic E-state index is 0.0204. The zero-order valence-electron chi connectivity index (χ0n) is 15.5. The molecule has 0 aliphatic rings. The number of halogens is 1. The number of rotatable bonds is 5. The lowest BCUT2D eigenvalue weighted by molar-refractivity contribution is -0.119. The molecule has 140 valence electrons. The van der Waals surface area contributed by atoms with E-state index in [9.17, 15) is 4.79 Å². The fourth-order valence-corrected chi connectivity index (χ4v) is 3.51. The van der Waals surface area contributed by atoms with Crippen molar-refractivity contribution >= 4 is 34.2 Å². The molecule has 3 aromatic carbocycles. The molecule has 0 N–H and O–H groups in total. The third-order valence-electron chi connectivity index (χ3n) is 4.74. The molecule has 28 heavy (non-hydrogen) atoms. The predicted molar refractivity (Wildman–Crippen MR) is 115 cm³/mol. The van der Waals surface area contributed by atoms with Gasteiger partial charge in [0.15, 0.2) is 0 Å². The van der Waals surface area contributed by atoms with Crippen LogP contribution >= 0.6 is 11.6 Å². The second kappa shape index (κ2) is 7.87. The van der Waals surface area contributed by atoms with Crippen LogP contribution in [0.5, 0.6) is 0 Å². The zero-order chi connectivity index (χ0) is 19.5. The summed E-state index contributed by atoms with van der Waals surface area (Å²) in [5, 5.41) is 0.670. The molecule has 1 aromatic heterocycles. The molecule has 0 atom stereocenters. The Hall–Kier alpha value is -3.11. The smallest absolute Gasteiger partial charge is 0.246 e. The normalized spacial score (nSPS) is 10.9. The molecule has 5 heteroatoms. The van der Waals surface area contributed by atoms with Crippen LogP contribution in [0.3, 0.4) is 0 Å². The predicted octanol–water partition coefficient (Wildman–Crippen LogP) is 5.41. The highest BCUT2D eigenvalue weighted by atomic mass is 35.5. The van der Waals surface area contributed by atoms with Gasteiger partial charge in [0.1, 0.15) is 12.4 Å². The summed E-state index contributed by atoms with van der Waals surface area (Å²) in [5.74, 6) is 0.780. The Balaban J connectivity index is 1.76. The van der Waals surface area contributed by atoms with E-state index in [0.29, 0.717) is 11.6 Å². The van der Waals surface area contributed by atoms with E-state index in [1.807, 2.05) is 90.4 Å². The van der Waals surface area contributed by atoms with Gasteiger partial charge in [0.2, 0.25) is 5.91 Å². The van der Waals surface area contributed by atoms with Gasteiger partial charge in [-0.25, -0.2) is 4.98 Å². The summed E-state index contributed by atoms with van der Waals surface area (Å²) in [6, 6.07) is 25.1. The van der Waals surface area contributed by atoms with Gasteiger partial charge in [-0.05, 0) is 55.5 Å². The van der Waals surface area contributed by atoms with Gasteiger partial charge in [-0.2, -0.15) is 0 Å². The van der Waals surface area contributed by atoms with E-state index in [-0.39, 0.29) is 12.5 Å². The molecule has 4 rings (SSSR count). The minimum Gasteiger partial charge on any atom is -0.314 e. The molecule has 0 aliphatic heterocycles. The van der Waals surface area contributed by atoms with Crippen molar-refractivity contribution in [2.75, 3.05) is 11.4 Å². The maximum absolute atomic E-state index is 13.2. The second-order valence-electron chi connectivity index (χ2n) is 6.49. The van der Waals surface area contributed by atoms with Crippen LogP contribution in [0.15, 0.2) is 78.9 Å². The van der Waals surface area contributed by atoms with Crippen molar-refractivity contribution in [3.05, 3.63) is 83.9 Å². The zero-order valence-corrected chi connectivity index (χ0v) is 16.3. The number of nitrogens with zero attached hydrogens (tertiary/aromatic N) is 3. The van der Waals surface area contributed by atoms with Crippen molar-refractivity contribution in [2.45, 2.75) is 13.5 Å². The van der Waals surface area contributed by atoms with Crippen LogP contribution in [0, 0.1) is 0 Å². The van der Waals surface area contributed by atoms with E-state index in [1.54, 1.807) is 4.90 Å². The fraction of sp³-hybridized carbons (Fsp3) is 0.130. The lowest BCUT2D eigenvalue weighted by Gasteiger charge is -2.22. The summed E-state index contributed by atoms with van der Waals surface area (Å²) in [4.78, 5) is 19.7. The molecule has 4 aromatic rings. The van der Waals surface area contributed by atoms with E-state index < -0.39 is 0 Å². The maximum Gasteiger partial charge on any atom is 0.246 e. The van der Waals surface area contributed by atoms with Gasteiger partial charge in [0, 0.05) is 22.8 Å². The summed E-state index contributed by atoms with van der Waals surface area (Å²) in [6.07, 6.45) is 0. The molecule has 0 unspecified atom stereocenters. The Labute approximate surface area is 169 Å². The summed E-state index contributed by atoms with van der Waals surface area (Å²) in [6.45, 7) is 2.80. The lowest BCUT2D eigenvalue weighted by atomic mass is 10.2. The topological polar surface area (TPSA) is 38.1 Å². The number of hydrogen-bond donors (Lipinski definition) is 0. The number of anilines is 1. The molecule has 0 fully saturated rings. The molecule has 1 heterocycles. The molecule has 0 saturated heterocycles. The van der Waals surface area contributed by atoms with Crippen molar-refractivity contribution in [3.8, 4) is 11.4 Å². The van der Waals surface area contributed by atoms with E-state index in [0.717, 1.165) is 28.1 Å². The van der Waals surface area contributed by atoms with Gasteiger partial charge < -0.3 is 9.47 Å². The summed E-state index contributed by atoms with van der Waals surface area (Å²) < 4.78 is 1.98. The number of aromatic nitrogens is 2. The third-order valence-corrected chi connectivity index (χ3v) is 4.99. The van der Waals surface area contributed by atoms with Crippen molar-refractivity contribution in [1.29, 1.82) is 0 Å². The van der Waals surface area contributed by atoms with Crippen LogP contribution < -0.4 is 4.90 Å². The number of benzene rings is 3. The van der Waals surface area contributed by atoms with Gasteiger partial charge in [0.05, 0.1) is 11.0 Å². The fourth-order valence-electron chi connectivity index (χ4n) is 3.39. The van der Waals surface area contributed by atoms with E-state index >= 15 is 0 Å². The SMILES string of the molecule is CCN(C(=O)Cn1c(-c2ccc(Cl)cc2)nc2ccccc21)c1ccccc1. The van der Waals surface area contributed by atoms with Crippen molar-refractivity contribution in [2.24, 2.45) is 0 Å². The summed E-state index contributed by atoms with van der Waals surface area (Å²) in [5.41, 5.74) is 3.62. The van der Waals surface area contributed by atoms with E-state index in [1.165, 1.54) is 0 Å². The maximum atomic E-state index is 13.2. The average molecular weight is 390 g/mol. The highest BCUT2D eigenvalue weighted by molar-refractivity contribution is 6.30. The minimum absolute atomic E-state index is 0.0204. The first-order valence-corrected chi connectivity index (χ1v) is 9.62. The molecule has 0 aliphatic carbocycles. The Morgan fingerprint density at radius 3 is 2.36 bits per heavy atom. The molecular weight excluding hydrogens is 370 g/mol. The Bertz CT molecular complexity index is 1100. The molecule has 1 amide bonds. The number of fused-ring (bicyclic) bond motifs is 1. The first kappa shape index (κ1) is 18.3. The third kappa shape index (κ3) is 3.51. The van der Waals surface area contributed by atoms with Crippen molar-refractivity contribution in [3.63, 3.8) is 0 Å². The first-order valence-electron chi connectivity index (χ1n) is 9.24. The van der Waals surface area contributed by atoms with Gasteiger partial charge >= 0.3 is 0 Å². The second-order valence-corrected chi connectivity index (χ2v) is 6.93. The monoisotopic (exact) mass is 389 g/mol. The number of carbonyl (C=O) groups excluding carboxylic acids is 1. The molecule has 0 bridgehead atoms. The number of hydrogen-bond acceptors (Lipinski definition) is 2. The summed E-state index contributed by atoms with van der Waals surface area (Å²) in [7, 11) is 0. The number of para-hydroxylation sites is 3. The van der Waals surface area contributed by atoms with Crippen LogP contribution in [-0.4, -0.2) is 22.0 Å². The number of carbonyl (C=O) groups is 1. The Morgan fingerprint density at radius 1 is 0.964 bits per heavy atom. The van der Waals surface area contributed by atoms with Gasteiger partial charge in [-0.1, -0.05) is 41.9 Å². The number of imidazole rings is 1. The first-order chi connectivity index (χ1) is 13.7. The van der Waals surface area contributed by atoms with Crippen LogP contribution in [0.1, 0.15) is 6.92 Å². The molecule has 0 radical (unpaired) electrons. The van der Waals surface area contributed by atoms with Crippen molar-refractivity contribution in [1.82, 2.24) is 9.55 Å².